The summed E-state index contributed by atoms with van der Waals surface area (Å²) in [6, 6.07) is 14.4. The summed E-state index contributed by atoms with van der Waals surface area (Å²) in [6.07, 6.45) is 0. The van der Waals surface area contributed by atoms with Crippen LogP contribution in [0.5, 0.6) is 0 Å². The molecule has 1 unspecified atom stereocenters. The number of anilines is 1. The zero-order chi connectivity index (χ0) is 13.1. The molecule has 2 aromatic rings. The van der Waals surface area contributed by atoms with Crippen molar-refractivity contribution < 1.29 is 0 Å². The molecule has 1 atom stereocenters. The van der Waals surface area contributed by atoms with Crippen LogP contribution in [0.1, 0.15) is 18.5 Å². The molecule has 2 aromatic carbocycles. The van der Waals surface area contributed by atoms with Gasteiger partial charge in [0.2, 0.25) is 0 Å². The molecule has 0 radical (unpaired) electrons. The minimum absolute atomic E-state index is 0.232. The molecule has 1 nitrogen and oxygen atoms in total. The molecule has 2 rings (SSSR count). The van der Waals surface area contributed by atoms with Crippen molar-refractivity contribution in [2.75, 3.05) is 5.32 Å². The molecule has 0 bridgehead atoms. The number of hydrogen-bond donors (Lipinski definition) is 1. The molecule has 0 amide bonds. The monoisotopic (exact) mass is 387 g/mol. The second kappa shape index (κ2) is 6.09. The largest absolute Gasteiger partial charge is 0.378 e. The first-order valence-electron chi connectivity index (χ1n) is 5.53. The van der Waals surface area contributed by atoms with Gasteiger partial charge >= 0.3 is 0 Å². The minimum atomic E-state index is 0.232. The van der Waals surface area contributed by atoms with Crippen LogP contribution in [-0.2, 0) is 0 Å². The predicted molar refractivity (Wildman–Crippen MR) is 85.3 cm³/mol. The Morgan fingerprint density at radius 3 is 2.33 bits per heavy atom. The topological polar surface area (TPSA) is 12.0 Å². The lowest BCUT2D eigenvalue weighted by Gasteiger charge is -2.16. The van der Waals surface area contributed by atoms with Crippen LogP contribution in [0.15, 0.2) is 51.4 Å². The molecule has 18 heavy (non-hydrogen) atoms. The van der Waals surface area contributed by atoms with Gasteiger partial charge in [-0.25, -0.2) is 0 Å². The summed E-state index contributed by atoms with van der Waals surface area (Å²) in [7, 11) is 0. The molecule has 0 fully saturated rings. The second-order valence-electron chi connectivity index (χ2n) is 4.05. The number of hydrogen-bond acceptors (Lipinski definition) is 1. The van der Waals surface area contributed by atoms with Gasteiger partial charge in [0, 0.05) is 20.7 Å². The van der Waals surface area contributed by atoms with E-state index < -0.39 is 0 Å². The van der Waals surface area contributed by atoms with E-state index in [1.807, 2.05) is 30.3 Å². The predicted octanol–water partition coefficient (Wildman–Crippen LogP) is 6.04. The third-order valence-electron chi connectivity index (χ3n) is 2.67. The maximum atomic E-state index is 6.07. The lowest BCUT2D eigenvalue weighted by atomic mass is 10.1. The Bertz CT molecular complexity index is 540. The van der Waals surface area contributed by atoms with E-state index in [1.165, 1.54) is 5.56 Å². The number of nitrogens with one attached hydrogen (secondary N) is 1. The fourth-order valence-electron chi connectivity index (χ4n) is 1.67. The maximum absolute atomic E-state index is 6.07. The molecule has 0 aliphatic rings. The van der Waals surface area contributed by atoms with Crippen molar-refractivity contribution in [3.05, 3.63) is 62.0 Å². The lowest BCUT2D eigenvalue weighted by Crippen LogP contribution is -2.06. The molecule has 0 saturated carbocycles. The van der Waals surface area contributed by atoms with Gasteiger partial charge < -0.3 is 5.32 Å². The number of halogens is 3. The number of rotatable bonds is 3. The highest BCUT2D eigenvalue weighted by atomic mass is 79.9. The fourth-order valence-corrected chi connectivity index (χ4v) is 2.36. The van der Waals surface area contributed by atoms with Gasteiger partial charge in [-0.15, -0.1) is 0 Å². The SMILES string of the molecule is CC(Nc1ccc(Br)c(Cl)c1)c1ccc(Br)cc1. The highest BCUT2D eigenvalue weighted by Crippen LogP contribution is 2.28. The van der Waals surface area contributed by atoms with E-state index in [0.717, 1.165) is 14.6 Å². The number of benzene rings is 2. The molecule has 0 aliphatic heterocycles. The van der Waals surface area contributed by atoms with E-state index in [0.29, 0.717) is 5.02 Å². The Kier molecular flexibility index (Phi) is 4.71. The first kappa shape index (κ1) is 13.9. The van der Waals surface area contributed by atoms with Crippen molar-refractivity contribution >= 4 is 49.1 Å². The van der Waals surface area contributed by atoms with Gasteiger partial charge in [-0.2, -0.15) is 0 Å². The van der Waals surface area contributed by atoms with Crippen LogP contribution in [0.25, 0.3) is 0 Å². The normalized spacial score (nSPS) is 12.2. The van der Waals surface area contributed by atoms with E-state index in [2.05, 4.69) is 56.2 Å². The van der Waals surface area contributed by atoms with Crippen molar-refractivity contribution in [2.45, 2.75) is 13.0 Å². The van der Waals surface area contributed by atoms with Gasteiger partial charge in [-0.1, -0.05) is 39.7 Å². The summed E-state index contributed by atoms with van der Waals surface area (Å²) in [5.74, 6) is 0. The molecule has 94 valence electrons. The van der Waals surface area contributed by atoms with Crippen LogP contribution >= 0.6 is 43.5 Å². The van der Waals surface area contributed by atoms with Crippen molar-refractivity contribution in [2.24, 2.45) is 0 Å². The van der Waals surface area contributed by atoms with Crippen molar-refractivity contribution in [1.29, 1.82) is 0 Å². The Morgan fingerprint density at radius 1 is 1.06 bits per heavy atom. The summed E-state index contributed by atoms with van der Waals surface area (Å²) in [5, 5.41) is 4.14. The highest BCUT2D eigenvalue weighted by molar-refractivity contribution is 9.10. The minimum Gasteiger partial charge on any atom is -0.378 e. The second-order valence-corrected chi connectivity index (χ2v) is 6.22. The van der Waals surface area contributed by atoms with E-state index in [9.17, 15) is 0 Å². The van der Waals surface area contributed by atoms with Crippen molar-refractivity contribution in [3.8, 4) is 0 Å². The summed E-state index contributed by atoms with van der Waals surface area (Å²) in [4.78, 5) is 0. The fraction of sp³-hybridized carbons (Fsp3) is 0.143. The van der Waals surface area contributed by atoms with Gasteiger partial charge in [0.05, 0.1) is 5.02 Å². The van der Waals surface area contributed by atoms with Crippen molar-refractivity contribution in [1.82, 2.24) is 0 Å². The molecular weight excluding hydrogens is 377 g/mol. The van der Waals surface area contributed by atoms with Crippen LogP contribution in [0, 0.1) is 0 Å². The Morgan fingerprint density at radius 2 is 1.72 bits per heavy atom. The average Bonchev–Trinajstić information content (AvgIpc) is 2.34. The quantitative estimate of drug-likeness (QED) is 0.675. The Balaban J connectivity index is 2.13. The molecule has 4 heteroatoms. The van der Waals surface area contributed by atoms with E-state index in [-0.39, 0.29) is 6.04 Å². The maximum Gasteiger partial charge on any atom is 0.0568 e. The van der Waals surface area contributed by atoms with Crippen LogP contribution < -0.4 is 5.32 Å². The van der Waals surface area contributed by atoms with E-state index in [1.54, 1.807) is 0 Å². The van der Waals surface area contributed by atoms with Crippen LogP contribution in [-0.4, -0.2) is 0 Å². The zero-order valence-corrected chi connectivity index (χ0v) is 13.7. The van der Waals surface area contributed by atoms with Gasteiger partial charge in [-0.05, 0) is 58.7 Å². The third kappa shape index (κ3) is 3.50. The van der Waals surface area contributed by atoms with E-state index >= 15 is 0 Å². The smallest absolute Gasteiger partial charge is 0.0568 e. The average molecular weight is 390 g/mol. The summed E-state index contributed by atoms with van der Waals surface area (Å²) < 4.78 is 2.00. The Labute approximate surface area is 129 Å². The molecule has 0 aromatic heterocycles. The third-order valence-corrected chi connectivity index (χ3v) is 4.43. The highest BCUT2D eigenvalue weighted by Gasteiger charge is 2.06. The lowest BCUT2D eigenvalue weighted by molar-refractivity contribution is 0.884. The van der Waals surface area contributed by atoms with Crippen LogP contribution in [0.4, 0.5) is 5.69 Å². The molecular formula is C14H12Br2ClN. The van der Waals surface area contributed by atoms with E-state index in [4.69, 9.17) is 11.6 Å². The molecule has 0 heterocycles. The van der Waals surface area contributed by atoms with Gasteiger partial charge in [0.1, 0.15) is 0 Å². The van der Waals surface area contributed by atoms with Crippen LogP contribution in [0.3, 0.4) is 0 Å². The Hall–Kier alpha value is -0.510. The first-order valence-corrected chi connectivity index (χ1v) is 7.50. The molecule has 0 aliphatic carbocycles. The standard InChI is InChI=1S/C14H12Br2ClN/c1-9(10-2-4-11(15)5-3-10)18-12-6-7-13(16)14(17)8-12/h2-9,18H,1H3. The zero-order valence-electron chi connectivity index (χ0n) is 9.75. The molecule has 1 N–H and O–H groups in total. The van der Waals surface area contributed by atoms with Crippen LogP contribution in [0.2, 0.25) is 5.02 Å². The van der Waals surface area contributed by atoms with Crippen molar-refractivity contribution in [3.63, 3.8) is 0 Å². The first-order chi connectivity index (χ1) is 8.56. The summed E-state index contributed by atoms with van der Waals surface area (Å²) >= 11 is 12.9. The molecule has 0 spiro atoms. The molecule has 0 saturated heterocycles. The van der Waals surface area contributed by atoms with Gasteiger partial charge in [0.25, 0.3) is 0 Å². The van der Waals surface area contributed by atoms with Gasteiger partial charge in [0.15, 0.2) is 0 Å². The van der Waals surface area contributed by atoms with Gasteiger partial charge in [-0.3, -0.25) is 0 Å². The summed E-state index contributed by atoms with van der Waals surface area (Å²) in [6.45, 7) is 2.12. The summed E-state index contributed by atoms with van der Waals surface area (Å²) in [5.41, 5.74) is 2.25.